The molecule has 0 atom stereocenters. The molecule has 2 rings (SSSR count). The zero-order valence-electron chi connectivity index (χ0n) is 9.12. The molecule has 0 aliphatic heterocycles. The zero-order chi connectivity index (χ0) is 10.9. The van der Waals surface area contributed by atoms with Crippen molar-refractivity contribution >= 4 is 11.8 Å². The highest BCUT2D eigenvalue weighted by atomic mass is 32.2. The Morgan fingerprint density at radius 3 is 2.73 bits per heavy atom. The van der Waals surface area contributed by atoms with Gasteiger partial charge in [0.15, 0.2) is 0 Å². The Hall–Kier alpha value is -0.670. The molecular weight excluding hydrogens is 208 g/mol. The van der Waals surface area contributed by atoms with Gasteiger partial charge < -0.3 is 9.84 Å². The largest absolute Gasteiger partial charge is 0.496 e. The Labute approximate surface area is 94.6 Å². The van der Waals surface area contributed by atoms with Gasteiger partial charge in [0.1, 0.15) is 5.75 Å². The predicted octanol–water partition coefficient (Wildman–Crippen LogP) is 2.48. The summed E-state index contributed by atoms with van der Waals surface area (Å²) < 4.78 is 5.34. The number of hydrogen-bond donors (Lipinski definition) is 1. The quantitative estimate of drug-likeness (QED) is 0.797. The molecule has 1 fully saturated rings. The summed E-state index contributed by atoms with van der Waals surface area (Å²) in [5.74, 6) is 0.891. The topological polar surface area (TPSA) is 29.5 Å². The van der Waals surface area contributed by atoms with Gasteiger partial charge in [-0.25, -0.2) is 0 Å². The minimum atomic E-state index is -0.459. The molecule has 1 N–H and O–H groups in total. The molecule has 0 heterocycles. The van der Waals surface area contributed by atoms with Crippen LogP contribution >= 0.6 is 11.8 Å². The van der Waals surface area contributed by atoms with E-state index in [9.17, 15) is 5.11 Å². The van der Waals surface area contributed by atoms with Crippen LogP contribution in [0.2, 0.25) is 0 Å². The van der Waals surface area contributed by atoms with E-state index in [0.29, 0.717) is 6.42 Å². The lowest BCUT2D eigenvalue weighted by atomic mass is 10.1. The average Bonchev–Trinajstić information content (AvgIpc) is 2.96. The highest BCUT2D eigenvalue weighted by Gasteiger charge is 2.41. The van der Waals surface area contributed by atoms with E-state index < -0.39 is 5.60 Å². The van der Waals surface area contributed by atoms with Crippen molar-refractivity contribution in [2.45, 2.75) is 29.8 Å². The summed E-state index contributed by atoms with van der Waals surface area (Å²) in [6.45, 7) is 0. The third-order valence-corrected chi connectivity index (χ3v) is 3.69. The third kappa shape index (κ3) is 2.29. The van der Waals surface area contributed by atoms with Crippen molar-refractivity contribution in [2.75, 3.05) is 13.4 Å². The fraction of sp³-hybridized carbons (Fsp3) is 0.500. The highest BCUT2D eigenvalue weighted by molar-refractivity contribution is 7.98. The first kappa shape index (κ1) is 10.8. The van der Waals surface area contributed by atoms with E-state index in [0.717, 1.165) is 24.2 Å². The monoisotopic (exact) mass is 224 g/mol. The smallest absolute Gasteiger partial charge is 0.123 e. The summed E-state index contributed by atoms with van der Waals surface area (Å²) in [5, 5.41) is 9.96. The molecule has 1 aliphatic carbocycles. The first-order valence-electron chi connectivity index (χ1n) is 5.11. The molecule has 1 saturated carbocycles. The van der Waals surface area contributed by atoms with Crippen molar-refractivity contribution < 1.29 is 9.84 Å². The van der Waals surface area contributed by atoms with Gasteiger partial charge in [0.2, 0.25) is 0 Å². The van der Waals surface area contributed by atoms with Gasteiger partial charge in [0.05, 0.1) is 12.7 Å². The maximum atomic E-state index is 9.96. The molecule has 0 unspecified atom stereocenters. The molecule has 1 aliphatic rings. The van der Waals surface area contributed by atoms with Crippen LogP contribution < -0.4 is 4.74 Å². The molecule has 82 valence electrons. The molecular formula is C12H16O2S. The van der Waals surface area contributed by atoms with E-state index in [4.69, 9.17) is 4.74 Å². The van der Waals surface area contributed by atoms with Gasteiger partial charge in [0.25, 0.3) is 0 Å². The maximum Gasteiger partial charge on any atom is 0.123 e. The second-order valence-electron chi connectivity index (χ2n) is 4.04. The van der Waals surface area contributed by atoms with Gasteiger partial charge in [-0.1, -0.05) is 6.07 Å². The Bertz CT molecular complexity index is 336. The van der Waals surface area contributed by atoms with Crippen molar-refractivity contribution in [2.24, 2.45) is 0 Å². The molecule has 3 heteroatoms. The lowest BCUT2D eigenvalue weighted by molar-refractivity contribution is 0.149. The number of benzene rings is 1. The van der Waals surface area contributed by atoms with Gasteiger partial charge in [-0.15, -0.1) is 11.8 Å². The van der Waals surface area contributed by atoms with Crippen LogP contribution in [0.4, 0.5) is 0 Å². The van der Waals surface area contributed by atoms with Crippen molar-refractivity contribution in [3.63, 3.8) is 0 Å². The standard InChI is InChI=1S/C12H16O2S/c1-14-10-4-3-5-11(15-2)9(10)8-12(13)6-7-12/h3-5,13H,6-8H2,1-2H3. The van der Waals surface area contributed by atoms with E-state index in [1.165, 1.54) is 4.90 Å². The lowest BCUT2D eigenvalue weighted by Crippen LogP contribution is -2.12. The Morgan fingerprint density at radius 1 is 1.47 bits per heavy atom. The fourth-order valence-corrected chi connectivity index (χ4v) is 2.39. The predicted molar refractivity (Wildman–Crippen MR) is 62.7 cm³/mol. The minimum absolute atomic E-state index is 0.459. The SMILES string of the molecule is COc1cccc(SC)c1CC1(O)CC1. The van der Waals surface area contributed by atoms with E-state index in [1.807, 2.05) is 12.1 Å². The van der Waals surface area contributed by atoms with Crippen molar-refractivity contribution in [3.05, 3.63) is 23.8 Å². The molecule has 0 aromatic heterocycles. The molecule has 2 nitrogen and oxygen atoms in total. The van der Waals surface area contributed by atoms with Crippen LogP contribution in [0.15, 0.2) is 23.1 Å². The molecule has 0 bridgehead atoms. The number of ether oxygens (including phenoxy) is 1. The van der Waals surface area contributed by atoms with E-state index in [2.05, 4.69) is 12.3 Å². The molecule has 15 heavy (non-hydrogen) atoms. The van der Waals surface area contributed by atoms with Crippen LogP contribution in [0.5, 0.6) is 5.75 Å². The molecule has 1 aromatic carbocycles. The molecule has 0 radical (unpaired) electrons. The first-order valence-corrected chi connectivity index (χ1v) is 6.33. The van der Waals surface area contributed by atoms with Crippen molar-refractivity contribution in [3.8, 4) is 5.75 Å². The summed E-state index contributed by atoms with van der Waals surface area (Å²) in [4.78, 5) is 1.20. The maximum absolute atomic E-state index is 9.96. The van der Waals surface area contributed by atoms with E-state index in [-0.39, 0.29) is 0 Å². The normalized spacial score (nSPS) is 17.5. The molecule has 0 amide bonds. The van der Waals surface area contributed by atoms with Crippen LogP contribution in [0.1, 0.15) is 18.4 Å². The molecule has 0 spiro atoms. The Morgan fingerprint density at radius 2 is 2.20 bits per heavy atom. The number of aliphatic hydroxyl groups is 1. The second-order valence-corrected chi connectivity index (χ2v) is 4.89. The number of rotatable bonds is 4. The van der Waals surface area contributed by atoms with Crippen LogP contribution in [-0.2, 0) is 6.42 Å². The Kier molecular flexibility index (Phi) is 2.94. The summed E-state index contributed by atoms with van der Waals surface area (Å²) >= 11 is 1.70. The van der Waals surface area contributed by atoms with Gasteiger partial charge in [-0.05, 0) is 31.2 Å². The number of hydrogen-bond acceptors (Lipinski definition) is 3. The third-order valence-electron chi connectivity index (χ3n) is 2.86. The first-order chi connectivity index (χ1) is 7.18. The van der Waals surface area contributed by atoms with Crippen LogP contribution in [0, 0.1) is 0 Å². The molecule has 1 aromatic rings. The van der Waals surface area contributed by atoms with Crippen LogP contribution in [0.25, 0.3) is 0 Å². The van der Waals surface area contributed by atoms with Gasteiger partial charge in [-0.2, -0.15) is 0 Å². The summed E-state index contributed by atoms with van der Waals surface area (Å²) in [5.41, 5.74) is 0.687. The van der Waals surface area contributed by atoms with Crippen LogP contribution in [-0.4, -0.2) is 24.1 Å². The summed E-state index contributed by atoms with van der Waals surface area (Å²) in [6.07, 6.45) is 4.60. The lowest BCUT2D eigenvalue weighted by Gasteiger charge is -2.15. The summed E-state index contributed by atoms with van der Waals surface area (Å²) in [7, 11) is 1.68. The van der Waals surface area contributed by atoms with Crippen molar-refractivity contribution in [1.29, 1.82) is 0 Å². The summed E-state index contributed by atoms with van der Waals surface area (Å²) in [6, 6.07) is 6.03. The Balaban J connectivity index is 2.32. The highest BCUT2D eigenvalue weighted by Crippen LogP contribution is 2.42. The molecule has 0 saturated heterocycles. The van der Waals surface area contributed by atoms with Gasteiger partial charge in [-0.3, -0.25) is 0 Å². The number of methoxy groups -OCH3 is 1. The van der Waals surface area contributed by atoms with Gasteiger partial charge >= 0.3 is 0 Å². The fourth-order valence-electron chi connectivity index (χ4n) is 1.75. The van der Waals surface area contributed by atoms with Gasteiger partial charge in [0, 0.05) is 16.9 Å². The second kappa shape index (κ2) is 4.06. The van der Waals surface area contributed by atoms with E-state index >= 15 is 0 Å². The van der Waals surface area contributed by atoms with Crippen molar-refractivity contribution in [1.82, 2.24) is 0 Å². The minimum Gasteiger partial charge on any atom is -0.496 e. The zero-order valence-corrected chi connectivity index (χ0v) is 9.93. The van der Waals surface area contributed by atoms with Crippen LogP contribution in [0.3, 0.4) is 0 Å². The van der Waals surface area contributed by atoms with E-state index in [1.54, 1.807) is 18.9 Å². The number of thioether (sulfide) groups is 1. The average molecular weight is 224 g/mol.